The van der Waals surface area contributed by atoms with Gasteiger partial charge in [-0.2, -0.15) is 18.3 Å². The number of nitrogens with zero attached hydrogens (tertiary/aromatic N) is 5. The van der Waals surface area contributed by atoms with Gasteiger partial charge in [0.1, 0.15) is 6.61 Å². The van der Waals surface area contributed by atoms with Crippen molar-refractivity contribution in [3.8, 4) is 5.75 Å². The smallest absolute Gasteiger partial charge is 0.425 e. The number of anilines is 1. The Morgan fingerprint density at radius 2 is 1.82 bits per heavy atom. The van der Waals surface area contributed by atoms with E-state index in [4.69, 9.17) is 21.1 Å². The minimum Gasteiger partial charge on any atom is -0.488 e. The molecule has 34 heavy (non-hydrogen) atoms. The molecule has 2 aromatic rings. The second kappa shape index (κ2) is 10.1. The number of H-pyrrole nitrogens is 1. The van der Waals surface area contributed by atoms with Gasteiger partial charge in [0, 0.05) is 26.2 Å². The summed E-state index contributed by atoms with van der Waals surface area (Å²) in [5, 5.41) is 5.57. The third-order valence-electron chi connectivity index (χ3n) is 5.65. The van der Waals surface area contributed by atoms with Gasteiger partial charge in [0.2, 0.25) is 11.9 Å². The van der Waals surface area contributed by atoms with Crippen molar-refractivity contribution in [2.75, 3.05) is 37.7 Å². The summed E-state index contributed by atoms with van der Waals surface area (Å²) in [6.07, 6.45) is -0.569. The summed E-state index contributed by atoms with van der Waals surface area (Å²) in [6, 6.07) is 0. The zero-order chi connectivity index (χ0) is 24.3. The molecule has 0 aliphatic carbocycles. The Hall–Kier alpha value is -2.93. The second-order valence-electron chi connectivity index (χ2n) is 7.98. The minimum atomic E-state index is -4.87. The second-order valence-corrected chi connectivity index (χ2v) is 8.41. The van der Waals surface area contributed by atoms with E-state index in [1.54, 1.807) is 10.00 Å². The van der Waals surface area contributed by atoms with Gasteiger partial charge < -0.3 is 19.3 Å². The molecule has 10 nitrogen and oxygen atoms in total. The molecule has 2 saturated heterocycles. The molecule has 14 heteroatoms. The van der Waals surface area contributed by atoms with Crippen LogP contribution in [0.2, 0.25) is 5.02 Å². The number of ether oxygens (including phenoxy) is 2. The van der Waals surface area contributed by atoms with Crippen LogP contribution in [0.25, 0.3) is 0 Å². The lowest BCUT2D eigenvalue weighted by molar-refractivity contribution is -0.141. The molecule has 2 aromatic heterocycles. The van der Waals surface area contributed by atoms with Crippen molar-refractivity contribution in [2.45, 2.75) is 37.6 Å². The van der Waals surface area contributed by atoms with E-state index in [0.29, 0.717) is 50.0 Å². The molecule has 0 bridgehead atoms. The molecule has 184 valence electrons. The molecule has 0 aromatic carbocycles. The number of carbonyl (C=O) groups is 1. The Morgan fingerprint density at radius 3 is 2.50 bits per heavy atom. The van der Waals surface area contributed by atoms with Crippen LogP contribution in [0.5, 0.6) is 5.75 Å². The fraction of sp³-hybridized carbons (Fsp3) is 0.550. The maximum atomic E-state index is 13.1. The first kappa shape index (κ1) is 24.2. The third-order valence-corrected chi connectivity index (χ3v) is 5.84. The quantitative estimate of drug-likeness (QED) is 0.637. The lowest BCUT2D eigenvalue weighted by Gasteiger charge is -2.35. The number of amides is 1. The summed E-state index contributed by atoms with van der Waals surface area (Å²) >= 11 is 5.81. The summed E-state index contributed by atoms with van der Waals surface area (Å²) < 4.78 is 50.3. The molecule has 2 atom stereocenters. The highest BCUT2D eigenvalue weighted by molar-refractivity contribution is 6.30. The average Bonchev–Trinajstić information content (AvgIpc) is 3.24. The summed E-state index contributed by atoms with van der Waals surface area (Å²) in [5.74, 6) is -0.147. The van der Waals surface area contributed by atoms with Crippen LogP contribution >= 0.6 is 11.6 Å². The number of halogens is 4. The van der Waals surface area contributed by atoms with Crippen molar-refractivity contribution in [1.29, 1.82) is 0 Å². The SMILES string of the molecule is O=C(C[C@H]1CC[C@H](COc2cn[nH]c(=O)c2C(F)(F)F)O1)N1CCN(c2ncc(Cl)cn2)CC1. The molecule has 1 amide bonds. The first-order valence-corrected chi connectivity index (χ1v) is 11.0. The molecule has 2 aliphatic rings. The highest BCUT2D eigenvalue weighted by Gasteiger charge is 2.39. The lowest BCUT2D eigenvalue weighted by Crippen LogP contribution is -2.49. The van der Waals surface area contributed by atoms with Gasteiger partial charge in [-0.25, -0.2) is 15.1 Å². The van der Waals surface area contributed by atoms with Crippen molar-refractivity contribution in [2.24, 2.45) is 0 Å². The molecule has 0 unspecified atom stereocenters. The van der Waals surface area contributed by atoms with Gasteiger partial charge in [-0.05, 0) is 12.8 Å². The van der Waals surface area contributed by atoms with Gasteiger partial charge in [-0.3, -0.25) is 9.59 Å². The predicted octanol–water partition coefficient (Wildman–Crippen LogP) is 1.90. The van der Waals surface area contributed by atoms with E-state index < -0.39 is 29.2 Å². The highest BCUT2D eigenvalue weighted by atomic mass is 35.5. The normalized spacial score (nSPS) is 21.1. The Bertz CT molecular complexity index is 1060. The van der Waals surface area contributed by atoms with Crippen LogP contribution in [0, 0.1) is 0 Å². The summed E-state index contributed by atoms with van der Waals surface area (Å²) in [4.78, 5) is 36.3. The number of rotatable bonds is 6. The number of hydrogen-bond donors (Lipinski definition) is 1. The molecule has 2 aliphatic heterocycles. The lowest BCUT2D eigenvalue weighted by atomic mass is 10.1. The highest BCUT2D eigenvalue weighted by Crippen LogP contribution is 2.33. The number of alkyl halides is 3. The Balaban J connectivity index is 1.23. The number of nitrogens with one attached hydrogen (secondary N) is 1. The molecule has 2 fully saturated rings. The molecule has 0 spiro atoms. The van der Waals surface area contributed by atoms with Crippen LogP contribution in [-0.4, -0.2) is 76.0 Å². The van der Waals surface area contributed by atoms with Gasteiger partial charge in [-0.15, -0.1) is 0 Å². The van der Waals surface area contributed by atoms with Gasteiger partial charge in [0.05, 0.1) is 42.2 Å². The fourth-order valence-electron chi connectivity index (χ4n) is 3.94. The molecule has 4 heterocycles. The van der Waals surface area contributed by atoms with Crippen LogP contribution in [-0.2, 0) is 15.7 Å². The molecule has 1 N–H and O–H groups in total. The van der Waals surface area contributed by atoms with Crippen molar-refractivity contribution in [1.82, 2.24) is 25.1 Å². The van der Waals surface area contributed by atoms with Crippen molar-refractivity contribution in [3.05, 3.63) is 39.5 Å². The topological polar surface area (TPSA) is 114 Å². The molecular formula is C20H22ClF3N6O4. The van der Waals surface area contributed by atoms with Crippen LogP contribution < -0.4 is 15.2 Å². The Kier molecular flexibility index (Phi) is 7.22. The molecule has 0 radical (unpaired) electrons. The Morgan fingerprint density at radius 1 is 1.15 bits per heavy atom. The van der Waals surface area contributed by atoms with Gasteiger partial charge >= 0.3 is 6.18 Å². The molecular weight excluding hydrogens is 481 g/mol. The zero-order valence-electron chi connectivity index (χ0n) is 17.9. The van der Waals surface area contributed by atoms with Gasteiger partial charge in [0.25, 0.3) is 5.56 Å². The number of aromatic nitrogens is 4. The minimum absolute atomic E-state index is 0.0543. The fourth-order valence-corrected chi connectivity index (χ4v) is 4.04. The summed E-state index contributed by atoms with van der Waals surface area (Å²) in [6.45, 7) is 2.01. The van der Waals surface area contributed by atoms with Crippen molar-refractivity contribution >= 4 is 23.5 Å². The molecule has 4 rings (SSSR count). The van der Waals surface area contributed by atoms with Crippen molar-refractivity contribution in [3.63, 3.8) is 0 Å². The van der Waals surface area contributed by atoms with E-state index >= 15 is 0 Å². The number of aromatic amines is 1. The van der Waals surface area contributed by atoms with Crippen molar-refractivity contribution < 1.29 is 27.4 Å². The standard InChI is InChI=1S/C20H22ClF3N6O4/c21-12-8-25-19(26-9-12)30-5-3-29(4-6-30)16(31)7-13-1-2-14(34-13)11-33-15-10-27-28-18(32)17(15)20(22,23)24/h8-10,13-14H,1-7,11H2,(H,28,32)/t13-,14-/m1/s1. The maximum Gasteiger partial charge on any atom is 0.425 e. The van der Waals surface area contributed by atoms with E-state index in [9.17, 15) is 22.8 Å². The van der Waals surface area contributed by atoms with Gasteiger partial charge in [-0.1, -0.05) is 11.6 Å². The summed E-state index contributed by atoms with van der Waals surface area (Å²) in [5.41, 5.74) is -2.81. The number of hydrogen-bond acceptors (Lipinski definition) is 8. The predicted molar refractivity (Wildman–Crippen MR) is 114 cm³/mol. The third kappa shape index (κ3) is 5.76. The zero-order valence-corrected chi connectivity index (χ0v) is 18.7. The van der Waals surface area contributed by atoms with Crippen LogP contribution in [0.4, 0.5) is 19.1 Å². The van der Waals surface area contributed by atoms with Crippen LogP contribution in [0.15, 0.2) is 23.4 Å². The molecule has 0 saturated carbocycles. The van der Waals surface area contributed by atoms with Crippen LogP contribution in [0.3, 0.4) is 0 Å². The first-order valence-electron chi connectivity index (χ1n) is 10.6. The van der Waals surface area contributed by atoms with E-state index in [-0.39, 0.29) is 25.0 Å². The van der Waals surface area contributed by atoms with E-state index in [1.165, 1.54) is 12.4 Å². The number of carbonyl (C=O) groups excluding carboxylic acids is 1. The van der Waals surface area contributed by atoms with E-state index in [1.807, 2.05) is 4.90 Å². The van der Waals surface area contributed by atoms with Crippen LogP contribution in [0.1, 0.15) is 24.8 Å². The maximum absolute atomic E-state index is 13.1. The van der Waals surface area contributed by atoms with E-state index in [0.717, 1.165) is 6.20 Å². The average molecular weight is 503 g/mol. The van der Waals surface area contributed by atoms with E-state index in [2.05, 4.69) is 15.1 Å². The largest absolute Gasteiger partial charge is 0.488 e. The number of piperazine rings is 1. The monoisotopic (exact) mass is 502 g/mol. The summed E-state index contributed by atoms with van der Waals surface area (Å²) in [7, 11) is 0. The first-order chi connectivity index (χ1) is 16.2. The Labute approximate surface area is 197 Å². The van der Waals surface area contributed by atoms with Gasteiger partial charge in [0.15, 0.2) is 11.3 Å².